The number of hydrogen-bond donors (Lipinski definition) is 3. The van der Waals surface area contributed by atoms with Gasteiger partial charge in [-0.3, -0.25) is 19.2 Å². The fraction of sp³-hybridized carbons (Fsp3) is 0.152. The van der Waals surface area contributed by atoms with Crippen LogP contribution in [0.2, 0.25) is 0 Å². The van der Waals surface area contributed by atoms with Gasteiger partial charge in [0.2, 0.25) is 5.41 Å². The summed E-state index contributed by atoms with van der Waals surface area (Å²) in [5.41, 5.74) is -1.84. The van der Waals surface area contributed by atoms with Gasteiger partial charge in [0.05, 0.1) is 24.8 Å². The van der Waals surface area contributed by atoms with Crippen LogP contribution in [0.3, 0.4) is 0 Å². The van der Waals surface area contributed by atoms with Gasteiger partial charge < -0.3 is 25.0 Å². The highest BCUT2D eigenvalue weighted by Gasteiger charge is 2.50. The molecule has 45 heavy (non-hydrogen) atoms. The number of hydrogen-bond acceptors (Lipinski definition) is 6. The number of rotatable bonds is 11. The molecule has 0 unspecified atom stereocenters. The minimum Gasteiger partial charge on any atom is -0.495 e. The van der Waals surface area contributed by atoms with Crippen molar-refractivity contribution < 1.29 is 52.0 Å². The quantitative estimate of drug-likeness (QED) is 0.141. The topological polar surface area (TPSA) is 139 Å². The molecule has 0 radical (unpaired) electrons. The van der Waals surface area contributed by atoms with Crippen molar-refractivity contribution in [2.45, 2.75) is 18.0 Å². The van der Waals surface area contributed by atoms with Crippen LogP contribution in [0.1, 0.15) is 27.0 Å². The van der Waals surface area contributed by atoms with E-state index < -0.39 is 47.6 Å². The number of halogens is 3. The number of carboxylic acid groups (broad SMARTS) is 2. The molecule has 0 aliphatic carbocycles. The Bertz CT molecular complexity index is 1710. The maximum Gasteiger partial charge on any atom is 0.416 e. The number of nitrogens with one attached hydrogen (secondary N) is 1. The van der Waals surface area contributed by atoms with Crippen LogP contribution < -0.4 is 10.1 Å². The zero-order valence-electron chi connectivity index (χ0n) is 23.6. The molecule has 12 heteroatoms. The van der Waals surface area contributed by atoms with Crippen molar-refractivity contribution in [1.82, 2.24) is 0 Å². The Labute approximate surface area is 254 Å². The van der Waals surface area contributed by atoms with Gasteiger partial charge in [0.15, 0.2) is 0 Å². The Hall–Kier alpha value is -5.65. The van der Waals surface area contributed by atoms with Crippen molar-refractivity contribution in [3.8, 4) is 16.9 Å². The molecule has 3 N–H and O–H groups in total. The second kappa shape index (κ2) is 13.3. The molecule has 0 aliphatic rings. The maximum absolute atomic E-state index is 13.3. The van der Waals surface area contributed by atoms with Gasteiger partial charge >= 0.3 is 24.1 Å². The lowest BCUT2D eigenvalue weighted by molar-refractivity contribution is -0.164. The van der Waals surface area contributed by atoms with Gasteiger partial charge in [0.1, 0.15) is 12.4 Å². The molecule has 0 fully saturated rings. The Balaban J connectivity index is 1.49. The number of methoxy groups -OCH3 is 1. The van der Waals surface area contributed by atoms with Crippen LogP contribution in [0.4, 0.5) is 18.9 Å². The van der Waals surface area contributed by atoms with Gasteiger partial charge in [-0.05, 0) is 52.6 Å². The highest BCUT2D eigenvalue weighted by atomic mass is 19.4. The molecular weight excluding hydrogens is 595 g/mol. The zero-order chi connectivity index (χ0) is 32.8. The first-order valence-corrected chi connectivity index (χ1v) is 13.3. The molecule has 9 nitrogen and oxygen atoms in total. The molecule has 0 atom stereocenters. The van der Waals surface area contributed by atoms with Crippen LogP contribution in [0, 0.1) is 0 Å². The average Bonchev–Trinajstić information content (AvgIpc) is 3.02. The molecule has 4 aromatic rings. The van der Waals surface area contributed by atoms with Crippen molar-refractivity contribution in [2.75, 3.05) is 19.0 Å². The van der Waals surface area contributed by atoms with Gasteiger partial charge in [-0.2, -0.15) is 13.2 Å². The van der Waals surface area contributed by atoms with E-state index in [1.807, 2.05) is 0 Å². The molecule has 0 spiro atoms. The van der Waals surface area contributed by atoms with E-state index >= 15 is 0 Å². The van der Waals surface area contributed by atoms with Crippen molar-refractivity contribution >= 4 is 29.5 Å². The Morgan fingerprint density at radius 1 is 0.778 bits per heavy atom. The summed E-state index contributed by atoms with van der Waals surface area (Å²) in [6, 6.07) is 22.3. The van der Waals surface area contributed by atoms with Crippen LogP contribution in [0.5, 0.6) is 5.75 Å². The molecule has 0 heterocycles. The normalized spacial score (nSPS) is 11.4. The molecule has 0 aliphatic heterocycles. The minimum absolute atomic E-state index is 0.0699. The summed E-state index contributed by atoms with van der Waals surface area (Å²) in [4.78, 5) is 50.0. The summed E-state index contributed by atoms with van der Waals surface area (Å²) < 4.78 is 49.5. The monoisotopic (exact) mass is 621 g/mol. The van der Waals surface area contributed by atoms with Gasteiger partial charge in [-0.15, -0.1) is 0 Å². The first-order valence-electron chi connectivity index (χ1n) is 13.3. The number of carboxylic acids is 2. The molecule has 0 saturated heterocycles. The number of amides is 1. The first kappa shape index (κ1) is 32.3. The average molecular weight is 622 g/mol. The first-order chi connectivity index (χ1) is 21.4. The number of esters is 1. The Morgan fingerprint density at radius 2 is 1.40 bits per heavy atom. The van der Waals surface area contributed by atoms with Crippen molar-refractivity contribution in [3.05, 3.63) is 119 Å². The summed E-state index contributed by atoms with van der Waals surface area (Å²) in [6.07, 6.45) is -4.87. The molecule has 232 valence electrons. The molecular formula is C33H26F3NO8. The van der Waals surface area contributed by atoms with Crippen molar-refractivity contribution in [3.63, 3.8) is 0 Å². The summed E-state index contributed by atoms with van der Waals surface area (Å²) >= 11 is 0. The number of aliphatic carboxylic acids is 2. The maximum atomic E-state index is 13.3. The van der Waals surface area contributed by atoms with E-state index in [0.717, 1.165) is 12.1 Å². The Morgan fingerprint density at radius 3 is 2.00 bits per heavy atom. The SMILES string of the molecule is COc1cc(CC(=O)OCC(C(=O)O)(C(=O)O)c2ccccc2)ccc1NC(=O)c1ccccc1-c1ccc(C(F)(F)F)cc1. The fourth-order valence-corrected chi connectivity index (χ4v) is 4.58. The van der Waals surface area contributed by atoms with Gasteiger partial charge in [-0.25, -0.2) is 0 Å². The van der Waals surface area contributed by atoms with E-state index in [0.29, 0.717) is 16.7 Å². The summed E-state index contributed by atoms with van der Waals surface area (Å²) in [6.45, 7) is -0.954. The van der Waals surface area contributed by atoms with E-state index in [-0.39, 0.29) is 29.0 Å². The molecule has 0 bridgehead atoms. The van der Waals surface area contributed by atoms with E-state index in [1.54, 1.807) is 24.3 Å². The number of carbonyl (C=O) groups is 4. The molecule has 0 aromatic heterocycles. The third-order valence-corrected chi connectivity index (χ3v) is 7.00. The molecule has 4 aromatic carbocycles. The highest BCUT2D eigenvalue weighted by Crippen LogP contribution is 2.33. The second-order valence-corrected chi connectivity index (χ2v) is 9.83. The number of alkyl halides is 3. The largest absolute Gasteiger partial charge is 0.495 e. The van der Waals surface area contributed by atoms with Crippen molar-refractivity contribution in [2.24, 2.45) is 0 Å². The summed E-state index contributed by atoms with van der Waals surface area (Å²) in [5.74, 6) is -4.71. The van der Waals surface area contributed by atoms with Gasteiger partial charge in [0, 0.05) is 5.56 Å². The van der Waals surface area contributed by atoms with Crippen LogP contribution in [0.25, 0.3) is 11.1 Å². The van der Waals surface area contributed by atoms with Crippen LogP contribution >= 0.6 is 0 Å². The zero-order valence-corrected chi connectivity index (χ0v) is 23.6. The number of carbonyl (C=O) groups excluding carboxylic acids is 2. The van der Waals surface area contributed by atoms with E-state index in [4.69, 9.17) is 9.47 Å². The molecule has 0 saturated carbocycles. The lowest BCUT2D eigenvalue weighted by Gasteiger charge is -2.25. The number of ether oxygens (including phenoxy) is 2. The van der Waals surface area contributed by atoms with Crippen molar-refractivity contribution in [1.29, 1.82) is 0 Å². The lowest BCUT2D eigenvalue weighted by atomic mass is 9.81. The summed E-state index contributed by atoms with van der Waals surface area (Å²) in [5, 5.41) is 22.2. The van der Waals surface area contributed by atoms with Crippen LogP contribution in [-0.2, 0) is 37.1 Å². The predicted molar refractivity (Wildman–Crippen MR) is 156 cm³/mol. The fourth-order valence-electron chi connectivity index (χ4n) is 4.58. The summed E-state index contributed by atoms with van der Waals surface area (Å²) in [7, 11) is 1.33. The standard InChI is InChI=1S/C33H26F3NO8/c1-44-27-17-20(18-28(38)45-19-32(30(40)41,31(42)43)22-7-3-2-4-8-22)11-16-26(27)37-29(39)25-10-6-5-9-24(25)21-12-14-23(15-13-21)33(34,35)36/h2-17H,18-19H2,1H3,(H,37,39)(H,40,41)(H,42,43). The molecule has 4 rings (SSSR count). The van der Waals surface area contributed by atoms with E-state index in [1.165, 1.54) is 67.8 Å². The number of benzene rings is 4. The minimum atomic E-state index is -4.50. The third-order valence-electron chi connectivity index (χ3n) is 7.00. The molecule has 1 amide bonds. The van der Waals surface area contributed by atoms with E-state index in [2.05, 4.69) is 5.32 Å². The highest BCUT2D eigenvalue weighted by molar-refractivity contribution is 6.09. The second-order valence-electron chi connectivity index (χ2n) is 9.83. The van der Waals surface area contributed by atoms with E-state index in [9.17, 15) is 42.6 Å². The predicted octanol–water partition coefficient (Wildman–Crippen LogP) is 5.83. The lowest BCUT2D eigenvalue weighted by Crippen LogP contribution is -2.48. The van der Waals surface area contributed by atoms with Gasteiger partial charge in [-0.1, -0.05) is 66.7 Å². The van der Waals surface area contributed by atoms with Crippen LogP contribution in [0.15, 0.2) is 97.1 Å². The number of anilines is 1. The third kappa shape index (κ3) is 7.12. The van der Waals surface area contributed by atoms with Gasteiger partial charge in [0.25, 0.3) is 5.91 Å². The smallest absolute Gasteiger partial charge is 0.416 e. The Kier molecular flexibility index (Phi) is 9.56. The van der Waals surface area contributed by atoms with Crippen LogP contribution in [-0.4, -0.2) is 47.7 Å².